The molecule has 2 amide bonds. The molecule has 4 heterocycles. The third-order valence-corrected chi connectivity index (χ3v) is 8.03. The zero-order chi connectivity index (χ0) is 31.8. The summed E-state index contributed by atoms with van der Waals surface area (Å²) in [7, 11) is 1.62. The van der Waals surface area contributed by atoms with Gasteiger partial charge in [0, 0.05) is 31.8 Å². The molecule has 2 aliphatic rings. The number of methoxy groups -OCH3 is 1. The Kier molecular flexibility index (Phi) is 8.66. The second-order valence-electron chi connectivity index (χ2n) is 13.4. The molecular formula is C32H44N6O6. The number of benzene rings is 1. The fourth-order valence-corrected chi connectivity index (χ4v) is 6.42. The first kappa shape index (κ1) is 31.4. The molecule has 238 valence electrons. The topological polar surface area (TPSA) is 122 Å². The Morgan fingerprint density at radius 3 is 2.41 bits per heavy atom. The van der Waals surface area contributed by atoms with Gasteiger partial charge in [0.2, 0.25) is 0 Å². The molecule has 2 atom stereocenters. The lowest BCUT2D eigenvalue weighted by molar-refractivity contribution is 0.0454. The molecule has 1 aromatic carbocycles. The predicted molar refractivity (Wildman–Crippen MR) is 167 cm³/mol. The number of amides is 2. The van der Waals surface area contributed by atoms with E-state index in [4.69, 9.17) is 19.2 Å². The molecule has 0 radical (unpaired) electrons. The first-order valence-corrected chi connectivity index (χ1v) is 15.2. The van der Waals surface area contributed by atoms with E-state index in [0.29, 0.717) is 55.6 Å². The van der Waals surface area contributed by atoms with Gasteiger partial charge in [-0.05, 0) is 69.7 Å². The van der Waals surface area contributed by atoms with Gasteiger partial charge >= 0.3 is 12.2 Å². The van der Waals surface area contributed by atoms with Gasteiger partial charge in [0.1, 0.15) is 23.8 Å². The maximum absolute atomic E-state index is 14.0. The number of piperidine rings is 1. The number of carboxylic acid groups (broad SMARTS) is 1. The Labute approximate surface area is 258 Å². The number of carbonyl (C=O) groups excluding carboxylic acids is 1. The van der Waals surface area contributed by atoms with Crippen LogP contribution in [-0.2, 0) is 15.9 Å². The molecule has 0 bridgehead atoms. The summed E-state index contributed by atoms with van der Waals surface area (Å²) in [5.41, 5.74) is 0.978. The molecule has 1 unspecified atom stereocenters. The maximum Gasteiger partial charge on any atom is 0.420 e. The molecule has 2 aliphatic heterocycles. The number of nitrogens with zero attached hydrogens (tertiary/aromatic N) is 6. The van der Waals surface area contributed by atoms with Crippen molar-refractivity contribution in [2.75, 3.05) is 43.2 Å². The lowest BCUT2D eigenvalue weighted by Gasteiger charge is -2.50. The Morgan fingerprint density at radius 1 is 1.05 bits per heavy atom. The van der Waals surface area contributed by atoms with Gasteiger partial charge in [0.05, 0.1) is 30.6 Å². The van der Waals surface area contributed by atoms with Crippen LogP contribution in [-0.4, -0.2) is 87.9 Å². The first-order valence-electron chi connectivity index (χ1n) is 15.2. The molecular weight excluding hydrogens is 564 g/mol. The molecule has 44 heavy (non-hydrogen) atoms. The molecule has 12 heteroatoms. The van der Waals surface area contributed by atoms with Crippen LogP contribution in [0.2, 0.25) is 0 Å². The molecule has 0 aliphatic carbocycles. The summed E-state index contributed by atoms with van der Waals surface area (Å²) in [6.07, 6.45) is 2.42. The SMILES string of the molecule is COCCOc1ccc(N(C(=O)OC(C)(C)C)c2c3c(nc4ccnn24)N(C2CCCN(C(=O)O)[C@H]2C(C)(C)C)CC3)cc1. The van der Waals surface area contributed by atoms with Crippen LogP contribution in [0.15, 0.2) is 36.5 Å². The predicted octanol–water partition coefficient (Wildman–Crippen LogP) is 5.75. The minimum atomic E-state index is -0.903. The maximum atomic E-state index is 14.0. The van der Waals surface area contributed by atoms with Crippen LogP contribution in [0.5, 0.6) is 5.75 Å². The minimum Gasteiger partial charge on any atom is -0.491 e. The van der Waals surface area contributed by atoms with Crippen molar-refractivity contribution in [1.82, 2.24) is 19.5 Å². The number of hydrogen-bond acceptors (Lipinski definition) is 8. The standard InChI is InChI=1S/C32H44N6O6/c1-31(2,3)26-24(9-8-17-36(26)29(39)40)35-18-15-23-27(35)34-25-14-16-33-38(25)28(23)37(30(41)44-32(4,5)6)21-10-12-22(13-11-21)43-20-19-42-7/h10-14,16,24,26H,8-9,15,17-20H2,1-7H3,(H,39,40)/t24?,26-/m1/s1. The monoisotopic (exact) mass is 608 g/mol. The van der Waals surface area contributed by atoms with Crippen molar-refractivity contribution in [1.29, 1.82) is 0 Å². The molecule has 1 fully saturated rings. The summed E-state index contributed by atoms with van der Waals surface area (Å²) in [6.45, 7) is 13.8. The Hall–Kier alpha value is -4.06. The highest BCUT2D eigenvalue weighted by atomic mass is 16.6. The largest absolute Gasteiger partial charge is 0.491 e. The van der Waals surface area contributed by atoms with Crippen LogP contribution in [0.25, 0.3) is 5.65 Å². The summed E-state index contributed by atoms with van der Waals surface area (Å²) in [5, 5.41) is 14.7. The number of hydrogen-bond donors (Lipinski definition) is 1. The summed E-state index contributed by atoms with van der Waals surface area (Å²) in [4.78, 5) is 36.8. The number of ether oxygens (including phenoxy) is 3. The number of aromatic nitrogens is 3. The summed E-state index contributed by atoms with van der Waals surface area (Å²) < 4.78 is 18.5. The Morgan fingerprint density at radius 2 is 1.77 bits per heavy atom. The molecule has 0 spiro atoms. The van der Waals surface area contributed by atoms with E-state index < -0.39 is 17.8 Å². The third kappa shape index (κ3) is 6.26. The number of rotatable bonds is 7. The molecule has 1 saturated heterocycles. The van der Waals surface area contributed by atoms with Crippen molar-refractivity contribution in [2.24, 2.45) is 5.41 Å². The van der Waals surface area contributed by atoms with Gasteiger partial charge in [-0.15, -0.1) is 0 Å². The van der Waals surface area contributed by atoms with Crippen LogP contribution in [0.3, 0.4) is 0 Å². The summed E-state index contributed by atoms with van der Waals surface area (Å²) in [5.74, 6) is 1.95. The minimum absolute atomic E-state index is 0.0784. The van der Waals surface area contributed by atoms with E-state index >= 15 is 0 Å². The number of anilines is 3. The van der Waals surface area contributed by atoms with E-state index in [1.807, 2.05) is 51.1 Å². The van der Waals surface area contributed by atoms with Crippen molar-refractivity contribution in [2.45, 2.75) is 78.5 Å². The fraction of sp³-hybridized carbons (Fsp3) is 0.562. The number of likely N-dealkylation sites (tertiary alicyclic amines) is 1. The Balaban J connectivity index is 1.63. The van der Waals surface area contributed by atoms with E-state index in [1.54, 1.807) is 27.6 Å². The molecule has 0 saturated carbocycles. The summed E-state index contributed by atoms with van der Waals surface area (Å²) in [6, 6.07) is 8.76. The van der Waals surface area contributed by atoms with Crippen molar-refractivity contribution in [3.63, 3.8) is 0 Å². The van der Waals surface area contributed by atoms with Gasteiger partial charge < -0.3 is 29.1 Å². The van der Waals surface area contributed by atoms with E-state index in [2.05, 4.69) is 30.8 Å². The Bertz CT molecular complexity index is 1490. The van der Waals surface area contributed by atoms with E-state index in [0.717, 1.165) is 24.2 Å². The zero-order valence-electron chi connectivity index (χ0n) is 26.7. The molecule has 5 rings (SSSR count). The highest BCUT2D eigenvalue weighted by Crippen LogP contribution is 2.43. The van der Waals surface area contributed by atoms with Crippen LogP contribution in [0, 0.1) is 5.41 Å². The van der Waals surface area contributed by atoms with Crippen molar-refractivity contribution in [3.8, 4) is 5.75 Å². The molecule has 12 nitrogen and oxygen atoms in total. The van der Waals surface area contributed by atoms with Crippen molar-refractivity contribution in [3.05, 3.63) is 42.1 Å². The van der Waals surface area contributed by atoms with Crippen LogP contribution in [0.4, 0.5) is 26.9 Å². The van der Waals surface area contributed by atoms with Crippen LogP contribution < -0.4 is 14.5 Å². The highest BCUT2D eigenvalue weighted by molar-refractivity contribution is 5.97. The molecule has 3 aromatic rings. The highest BCUT2D eigenvalue weighted by Gasteiger charge is 2.47. The molecule has 1 N–H and O–H groups in total. The van der Waals surface area contributed by atoms with Crippen LogP contribution >= 0.6 is 0 Å². The average molecular weight is 609 g/mol. The average Bonchev–Trinajstić information content (AvgIpc) is 3.59. The summed E-state index contributed by atoms with van der Waals surface area (Å²) >= 11 is 0. The van der Waals surface area contributed by atoms with Crippen molar-refractivity contribution < 1.29 is 28.9 Å². The van der Waals surface area contributed by atoms with Gasteiger partial charge in [0.25, 0.3) is 0 Å². The van der Waals surface area contributed by atoms with Gasteiger partial charge in [-0.25, -0.2) is 19.5 Å². The van der Waals surface area contributed by atoms with E-state index in [-0.39, 0.29) is 17.5 Å². The molecule has 2 aromatic heterocycles. The van der Waals surface area contributed by atoms with Gasteiger partial charge in [-0.3, -0.25) is 0 Å². The lowest BCUT2D eigenvalue weighted by atomic mass is 9.77. The van der Waals surface area contributed by atoms with Crippen LogP contribution in [0.1, 0.15) is 59.9 Å². The van der Waals surface area contributed by atoms with E-state index in [9.17, 15) is 14.7 Å². The number of carbonyl (C=O) groups is 2. The second kappa shape index (κ2) is 12.1. The zero-order valence-corrected chi connectivity index (χ0v) is 26.7. The second-order valence-corrected chi connectivity index (χ2v) is 13.4. The van der Waals surface area contributed by atoms with Crippen molar-refractivity contribution >= 4 is 35.2 Å². The van der Waals surface area contributed by atoms with Gasteiger partial charge in [-0.1, -0.05) is 20.8 Å². The lowest BCUT2D eigenvalue weighted by Crippen LogP contribution is -2.61. The first-order chi connectivity index (χ1) is 20.8. The normalized spacial score (nSPS) is 18.8. The number of fused-ring (bicyclic) bond motifs is 2. The smallest absolute Gasteiger partial charge is 0.420 e. The quantitative estimate of drug-likeness (QED) is 0.334. The van der Waals surface area contributed by atoms with E-state index in [1.165, 1.54) is 0 Å². The fourth-order valence-electron chi connectivity index (χ4n) is 6.42. The van der Waals surface area contributed by atoms with Gasteiger partial charge in [0.15, 0.2) is 11.5 Å². The third-order valence-electron chi connectivity index (χ3n) is 8.03. The van der Waals surface area contributed by atoms with Gasteiger partial charge in [-0.2, -0.15) is 9.61 Å².